The van der Waals surface area contributed by atoms with Gasteiger partial charge in [-0.1, -0.05) is 30.9 Å². The van der Waals surface area contributed by atoms with Gasteiger partial charge in [-0.15, -0.1) is 0 Å². The van der Waals surface area contributed by atoms with Crippen LogP contribution in [0, 0.1) is 0 Å². The number of pyridine rings is 1. The molecule has 1 aromatic heterocycles. The topological polar surface area (TPSA) is 103 Å². The molecular formula is C16H21ClN4O3. The Morgan fingerprint density at radius 1 is 1.33 bits per heavy atom. The normalized spacial score (nSPS) is 15.2. The maximum absolute atomic E-state index is 11.9. The Hall–Kier alpha value is -2.12. The van der Waals surface area contributed by atoms with Crippen LogP contribution >= 0.6 is 11.6 Å². The summed E-state index contributed by atoms with van der Waals surface area (Å²) in [6, 6.07) is 1.87. The van der Waals surface area contributed by atoms with E-state index in [0.29, 0.717) is 16.4 Å². The second-order valence-electron chi connectivity index (χ2n) is 5.66. The third-order valence-electron chi connectivity index (χ3n) is 3.79. The van der Waals surface area contributed by atoms with Crippen LogP contribution in [0.25, 0.3) is 6.08 Å². The van der Waals surface area contributed by atoms with Gasteiger partial charge in [-0.25, -0.2) is 10.5 Å². The number of halogens is 1. The lowest BCUT2D eigenvalue weighted by molar-refractivity contribution is -0.124. The van der Waals surface area contributed by atoms with Gasteiger partial charge in [0.15, 0.2) is 0 Å². The summed E-state index contributed by atoms with van der Waals surface area (Å²) in [5, 5.41) is 14.7. The zero-order chi connectivity index (χ0) is 17.4. The number of amides is 2. The number of rotatable bonds is 6. The average Bonchev–Trinajstić information content (AvgIpc) is 2.59. The molecule has 0 radical (unpaired) electrons. The van der Waals surface area contributed by atoms with E-state index in [0.717, 1.165) is 31.8 Å². The molecule has 0 aromatic carbocycles. The predicted octanol–water partition coefficient (Wildman–Crippen LogP) is 2.11. The molecule has 0 bridgehead atoms. The Labute approximate surface area is 145 Å². The molecule has 4 N–H and O–H groups in total. The van der Waals surface area contributed by atoms with Crippen molar-refractivity contribution in [2.45, 2.75) is 38.1 Å². The Morgan fingerprint density at radius 2 is 2.08 bits per heavy atom. The highest BCUT2D eigenvalue weighted by molar-refractivity contribution is 6.33. The van der Waals surface area contributed by atoms with Gasteiger partial charge in [-0.2, -0.15) is 0 Å². The summed E-state index contributed by atoms with van der Waals surface area (Å²) in [6.45, 7) is 0.103. The molecule has 2 rings (SSSR count). The van der Waals surface area contributed by atoms with E-state index in [1.165, 1.54) is 24.2 Å². The molecule has 7 nitrogen and oxygen atoms in total. The second-order valence-corrected chi connectivity index (χ2v) is 6.07. The fourth-order valence-electron chi connectivity index (χ4n) is 2.57. The van der Waals surface area contributed by atoms with Gasteiger partial charge in [0, 0.05) is 18.3 Å². The number of anilines is 1. The third kappa shape index (κ3) is 5.82. The summed E-state index contributed by atoms with van der Waals surface area (Å²) >= 11 is 6.11. The number of hydrogen-bond donors (Lipinski definition) is 4. The maximum Gasteiger partial charge on any atom is 0.267 e. The van der Waals surface area contributed by atoms with Gasteiger partial charge in [-0.05, 0) is 30.5 Å². The van der Waals surface area contributed by atoms with Gasteiger partial charge >= 0.3 is 0 Å². The van der Waals surface area contributed by atoms with Gasteiger partial charge in [-0.3, -0.25) is 14.8 Å². The third-order valence-corrected chi connectivity index (χ3v) is 4.07. The number of aromatic nitrogens is 1. The summed E-state index contributed by atoms with van der Waals surface area (Å²) < 4.78 is 0. The highest BCUT2D eigenvalue weighted by atomic mass is 35.5. The first kappa shape index (κ1) is 18.2. The fourth-order valence-corrected chi connectivity index (χ4v) is 2.81. The molecule has 130 valence electrons. The van der Waals surface area contributed by atoms with Crippen LogP contribution in [0.4, 0.5) is 5.82 Å². The van der Waals surface area contributed by atoms with Crippen molar-refractivity contribution in [2.24, 2.45) is 0 Å². The van der Waals surface area contributed by atoms with E-state index in [9.17, 15) is 9.59 Å². The zero-order valence-corrected chi connectivity index (χ0v) is 14.0. The lowest BCUT2D eigenvalue weighted by Crippen LogP contribution is -2.39. The van der Waals surface area contributed by atoms with Crippen LogP contribution < -0.4 is 16.1 Å². The summed E-state index contributed by atoms with van der Waals surface area (Å²) in [5.74, 6) is -0.324. The fraction of sp³-hybridized carbons (Fsp3) is 0.438. The smallest absolute Gasteiger partial charge is 0.267 e. The second kappa shape index (κ2) is 9.24. The molecule has 0 saturated heterocycles. The van der Waals surface area contributed by atoms with Gasteiger partial charge in [0.25, 0.3) is 5.91 Å². The first-order valence-corrected chi connectivity index (χ1v) is 8.27. The minimum absolute atomic E-state index is 0.0802. The van der Waals surface area contributed by atoms with Crippen LogP contribution in [-0.2, 0) is 9.59 Å². The van der Waals surface area contributed by atoms with Crippen LogP contribution in [0.3, 0.4) is 0 Å². The largest absolute Gasteiger partial charge is 0.360 e. The molecule has 1 saturated carbocycles. The monoisotopic (exact) mass is 352 g/mol. The minimum Gasteiger partial charge on any atom is -0.360 e. The van der Waals surface area contributed by atoms with E-state index < -0.39 is 5.91 Å². The molecule has 1 aromatic rings. The molecule has 1 aliphatic carbocycles. The molecule has 1 fully saturated rings. The van der Waals surface area contributed by atoms with Crippen LogP contribution in [-0.4, -0.2) is 34.6 Å². The van der Waals surface area contributed by atoms with Crippen molar-refractivity contribution in [1.29, 1.82) is 0 Å². The number of hydroxylamine groups is 1. The Kier molecular flexibility index (Phi) is 7.02. The van der Waals surface area contributed by atoms with E-state index >= 15 is 0 Å². The molecule has 1 aliphatic rings. The van der Waals surface area contributed by atoms with E-state index in [-0.39, 0.29) is 18.5 Å². The predicted molar refractivity (Wildman–Crippen MR) is 91.7 cm³/mol. The molecule has 2 amide bonds. The lowest BCUT2D eigenvalue weighted by Gasteiger charge is -2.22. The molecule has 0 unspecified atom stereocenters. The van der Waals surface area contributed by atoms with E-state index in [1.807, 2.05) is 0 Å². The maximum atomic E-state index is 11.9. The molecule has 1 heterocycles. The first-order valence-electron chi connectivity index (χ1n) is 7.89. The summed E-state index contributed by atoms with van der Waals surface area (Å²) in [7, 11) is 0. The van der Waals surface area contributed by atoms with Crippen LogP contribution in [0.5, 0.6) is 0 Å². The Morgan fingerprint density at radius 3 is 2.75 bits per heavy atom. The van der Waals surface area contributed by atoms with E-state index in [4.69, 9.17) is 16.8 Å². The molecule has 0 spiro atoms. The lowest BCUT2D eigenvalue weighted by atomic mass is 9.95. The number of carbonyl (C=O) groups excluding carboxylic acids is 2. The van der Waals surface area contributed by atoms with Crippen molar-refractivity contribution in [2.75, 3.05) is 11.9 Å². The highest BCUT2D eigenvalue weighted by Crippen LogP contribution is 2.21. The van der Waals surface area contributed by atoms with E-state index in [1.54, 1.807) is 6.07 Å². The standard InChI is InChI=1S/C16H21ClN4O3/c17-13-8-11(6-7-14(22)21-24)9-18-16(13)19-10-15(23)20-12-4-2-1-3-5-12/h6-9,12,24H,1-5,10H2,(H,18,19)(H,20,23)(H,21,22)/b7-6+. The van der Waals surface area contributed by atoms with Crippen LogP contribution in [0.15, 0.2) is 18.3 Å². The molecule has 8 heteroatoms. The summed E-state index contributed by atoms with van der Waals surface area (Å²) in [4.78, 5) is 27.0. The van der Waals surface area contributed by atoms with Gasteiger partial charge < -0.3 is 10.6 Å². The van der Waals surface area contributed by atoms with Gasteiger partial charge in [0.2, 0.25) is 5.91 Å². The number of nitrogens with one attached hydrogen (secondary N) is 3. The highest BCUT2D eigenvalue weighted by Gasteiger charge is 2.15. The van der Waals surface area contributed by atoms with Crippen molar-refractivity contribution in [3.63, 3.8) is 0 Å². The number of carbonyl (C=O) groups is 2. The summed E-state index contributed by atoms with van der Waals surface area (Å²) in [6.07, 6.45) is 9.76. The number of nitrogens with zero attached hydrogens (tertiary/aromatic N) is 1. The van der Waals surface area contributed by atoms with E-state index in [2.05, 4.69) is 15.6 Å². The van der Waals surface area contributed by atoms with Crippen molar-refractivity contribution in [3.8, 4) is 0 Å². The van der Waals surface area contributed by atoms with Gasteiger partial charge in [0.05, 0.1) is 11.6 Å². The Bertz CT molecular complexity index is 615. The molecule has 0 atom stereocenters. The molecular weight excluding hydrogens is 332 g/mol. The van der Waals surface area contributed by atoms with Crippen molar-refractivity contribution >= 4 is 35.3 Å². The van der Waals surface area contributed by atoms with Crippen LogP contribution in [0.2, 0.25) is 5.02 Å². The quantitative estimate of drug-likeness (QED) is 0.357. The molecule has 24 heavy (non-hydrogen) atoms. The van der Waals surface area contributed by atoms with Crippen molar-refractivity contribution in [1.82, 2.24) is 15.8 Å². The first-order chi connectivity index (χ1) is 11.6. The SMILES string of the molecule is O=C(/C=C/c1cnc(NCC(=O)NC2CCCCC2)c(Cl)c1)NO. The average molecular weight is 353 g/mol. The van der Waals surface area contributed by atoms with Crippen molar-refractivity contribution in [3.05, 3.63) is 28.9 Å². The van der Waals surface area contributed by atoms with Crippen LogP contribution in [0.1, 0.15) is 37.7 Å². The minimum atomic E-state index is -0.646. The van der Waals surface area contributed by atoms with Gasteiger partial charge in [0.1, 0.15) is 5.82 Å². The molecule has 0 aliphatic heterocycles. The Balaban J connectivity index is 1.84. The number of hydrogen-bond acceptors (Lipinski definition) is 5. The zero-order valence-electron chi connectivity index (χ0n) is 13.2. The van der Waals surface area contributed by atoms with Crippen molar-refractivity contribution < 1.29 is 14.8 Å². The summed E-state index contributed by atoms with van der Waals surface area (Å²) in [5.41, 5.74) is 2.09.